The first kappa shape index (κ1) is 15.8. The van der Waals surface area contributed by atoms with E-state index in [2.05, 4.69) is 9.37 Å². The molecule has 94 valence electrons. The molecule has 0 spiro atoms. The summed E-state index contributed by atoms with van der Waals surface area (Å²) in [6.45, 7) is 0. The van der Waals surface area contributed by atoms with Crippen LogP contribution in [-0.2, 0) is 18.1 Å². The van der Waals surface area contributed by atoms with Crippen LogP contribution in [0, 0.1) is 0 Å². The van der Waals surface area contributed by atoms with Crippen LogP contribution < -0.4 is 15.9 Å². The van der Waals surface area contributed by atoms with Gasteiger partial charge in [0, 0.05) is 0 Å². The van der Waals surface area contributed by atoms with Crippen LogP contribution in [0.15, 0.2) is 4.52 Å². The summed E-state index contributed by atoms with van der Waals surface area (Å²) >= 11 is 0. The van der Waals surface area contributed by atoms with Crippen molar-refractivity contribution in [2.75, 3.05) is 28.4 Å². The van der Waals surface area contributed by atoms with Crippen LogP contribution in [-0.4, -0.2) is 28.4 Å². The topological polar surface area (TPSA) is 113 Å². The fraction of sp³-hybridized carbons (Fsp3) is 1.00. The van der Waals surface area contributed by atoms with Crippen molar-refractivity contribution in [3.63, 3.8) is 0 Å². The molecule has 0 aromatic carbocycles. The molecule has 0 fully saturated rings. The Balaban J connectivity index is 4.70. The van der Waals surface area contributed by atoms with Crippen molar-refractivity contribution in [2.45, 2.75) is 0 Å². The Kier molecular flexibility index (Phi) is 8.41. The van der Waals surface area contributed by atoms with Gasteiger partial charge in [0.1, 0.15) is 0 Å². The van der Waals surface area contributed by atoms with Gasteiger partial charge in [-0.25, -0.2) is 0 Å². The molecule has 0 aliphatic rings. The van der Waals surface area contributed by atoms with Crippen molar-refractivity contribution in [3.05, 3.63) is 0 Å². The van der Waals surface area contributed by atoms with Gasteiger partial charge in [0.2, 0.25) is 0 Å². The average molecular weight is 280 g/mol. The molecule has 0 aliphatic heterocycles. The molecule has 0 heterocycles. The van der Waals surface area contributed by atoms with Crippen molar-refractivity contribution >= 4 is 24.6 Å². The van der Waals surface area contributed by atoms with Gasteiger partial charge in [-0.05, 0) is 0 Å². The zero-order chi connectivity index (χ0) is 11.9. The first-order chi connectivity index (χ1) is 7.03. The van der Waals surface area contributed by atoms with Gasteiger partial charge in [-0.3, -0.25) is 0 Å². The maximum atomic E-state index is 5.46. The zero-order valence-corrected chi connectivity index (χ0v) is 12.1. The van der Waals surface area contributed by atoms with E-state index in [0.717, 1.165) is 0 Å². The summed E-state index contributed by atoms with van der Waals surface area (Å²) in [4.78, 5) is 2.91. The Labute approximate surface area is 92.1 Å². The summed E-state index contributed by atoms with van der Waals surface area (Å²) < 4.78 is 24.5. The molecule has 0 aromatic rings. The van der Waals surface area contributed by atoms with Crippen molar-refractivity contribution in [3.8, 4) is 0 Å². The van der Waals surface area contributed by atoms with Gasteiger partial charge in [-0.2, -0.15) is 0 Å². The first-order valence-corrected chi connectivity index (χ1v) is 8.45. The fourth-order valence-corrected chi connectivity index (χ4v) is 6.18. The van der Waals surface area contributed by atoms with E-state index in [1.165, 1.54) is 28.4 Å². The molecular weight excluding hydrogens is 261 g/mol. The Hall–Kier alpha value is 0.810. The van der Waals surface area contributed by atoms with Gasteiger partial charge in [0.15, 0.2) is 0 Å². The van der Waals surface area contributed by atoms with Crippen molar-refractivity contribution in [2.24, 2.45) is 15.5 Å². The minimum atomic E-state index is -2.96. The second-order valence-corrected chi connectivity index (χ2v) is 8.12. The summed E-state index contributed by atoms with van der Waals surface area (Å²) in [7, 11) is -0.135. The maximum absolute atomic E-state index is 5.46. The molecule has 15 heavy (non-hydrogen) atoms. The van der Waals surface area contributed by atoms with Gasteiger partial charge in [0.25, 0.3) is 0 Å². The number of nitrogens with zero attached hydrogens (tertiary/aromatic N) is 1. The van der Waals surface area contributed by atoms with Crippen LogP contribution in [0.1, 0.15) is 0 Å². The molecule has 0 bridgehead atoms. The minimum absolute atomic E-state index is 1.31. The van der Waals surface area contributed by atoms with Gasteiger partial charge in [0.05, 0.1) is 0 Å². The van der Waals surface area contributed by atoms with Crippen LogP contribution in [0.2, 0.25) is 0 Å². The molecule has 11 heteroatoms. The van der Waals surface area contributed by atoms with Gasteiger partial charge in [-0.1, -0.05) is 0 Å². The number of hydrogen-bond donors (Lipinski definition) is 3. The molecule has 5 N–H and O–H groups in total. The van der Waals surface area contributed by atoms with E-state index in [1.807, 2.05) is 0 Å². The normalized spacial score (nSPS) is 13.6. The Morgan fingerprint density at radius 3 is 1.87 bits per heavy atom. The molecule has 0 atom stereocenters. The van der Waals surface area contributed by atoms with Crippen LogP contribution in [0.4, 0.5) is 0 Å². The Morgan fingerprint density at radius 1 is 1.13 bits per heavy atom. The van der Waals surface area contributed by atoms with E-state index in [-0.39, 0.29) is 0 Å². The van der Waals surface area contributed by atoms with Crippen LogP contribution >= 0.6 is 24.6 Å². The fourth-order valence-electron chi connectivity index (χ4n) is 0.742. The average Bonchev–Trinajstić information content (AvgIpc) is 2.23. The summed E-state index contributed by atoms with van der Waals surface area (Å²) in [6.07, 6.45) is 0. The number of rotatable bonds is 7. The monoisotopic (exact) mass is 280 g/mol. The zero-order valence-electron chi connectivity index (χ0n) is 9.18. The molecule has 8 nitrogen and oxygen atoms in total. The van der Waals surface area contributed by atoms with E-state index < -0.39 is 24.6 Å². The summed E-state index contributed by atoms with van der Waals surface area (Å²) in [5.74, 6) is 0. The van der Waals surface area contributed by atoms with Crippen molar-refractivity contribution in [1.82, 2.24) is 4.86 Å². The third-order valence-corrected chi connectivity index (χ3v) is 7.23. The molecule has 0 aliphatic carbocycles. The second-order valence-electron chi connectivity index (χ2n) is 2.26. The van der Waals surface area contributed by atoms with E-state index in [0.29, 0.717) is 0 Å². The standard InChI is InChI=1S/C4H19N4O4P3/c1-9-14(10-2)8-15(11-3,12-4)7-13(5)6/h8,13,15H,1-4H3,(H4,5,6,7). The predicted molar refractivity (Wildman–Crippen MR) is 65.5 cm³/mol. The van der Waals surface area contributed by atoms with E-state index >= 15 is 0 Å². The molecular formula is C4H19N4O4P3. The molecule has 0 saturated heterocycles. The van der Waals surface area contributed by atoms with Gasteiger partial charge < -0.3 is 0 Å². The van der Waals surface area contributed by atoms with Gasteiger partial charge >= 0.3 is 91.5 Å². The number of nitrogens with two attached hydrogens (primary N) is 2. The van der Waals surface area contributed by atoms with E-state index in [9.17, 15) is 0 Å². The van der Waals surface area contributed by atoms with Crippen LogP contribution in [0.3, 0.4) is 0 Å². The van der Waals surface area contributed by atoms with Crippen LogP contribution in [0.5, 0.6) is 0 Å². The van der Waals surface area contributed by atoms with E-state index in [1.54, 1.807) is 0 Å². The third-order valence-electron chi connectivity index (χ3n) is 1.39. The SMILES string of the molecule is COP(N[PH](N=[PH](N)N)(OC)OC)OC. The quantitative estimate of drug-likeness (QED) is 0.595. The molecule has 0 radical (unpaired) electrons. The molecule has 0 saturated carbocycles. The van der Waals surface area contributed by atoms with E-state index in [4.69, 9.17) is 29.1 Å². The molecule has 0 rings (SSSR count). The summed E-state index contributed by atoms with van der Waals surface area (Å²) in [5, 5.41) is 0. The summed E-state index contributed by atoms with van der Waals surface area (Å²) in [5.41, 5.74) is 10.9. The number of hydrogen-bond acceptors (Lipinski definition) is 6. The van der Waals surface area contributed by atoms with Gasteiger partial charge in [-0.15, -0.1) is 0 Å². The molecule has 0 aromatic heterocycles. The van der Waals surface area contributed by atoms with Crippen molar-refractivity contribution < 1.29 is 18.1 Å². The Bertz CT molecular complexity index is 206. The second kappa shape index (κ2) is 7.98. The molecule has 0 unspecified atom stereocenters. The number of nitrogens with one attached hydrogen (secondary N) is 1. The van der Waals surface area contributed by atoms with Crippen LogP contribution in [0.25, 0.3) is 0 Å². The molecule has 0 amide bonds. The Morgan fingerprint density at radius 2 is 1.60 bits per heavy atom. The third kappa shape index (κ3) is 5.61. The predicted octanol–water partition coefficient (Wildman–Crippen LogP) is 0.944. The summed E-state index contributed by atoms with van der Waals surface area (Å²) in [6, 6.07) is 0. The van der Waals surface area contributed by atoms with Crippen molar-refractivity contribution in [1.29, 1.82) is 0 Å². The first-order valence-electron chi connectivity index (χ1n) is 3.90.